The van der Waals surface area contributed by atoms with E-state index in [0.29, 0.717) is 59.5 Å². The lowest BCUT2D eigenvalue weighted by Crippen LogP contribution is -2.51. The van der Waals surface area contributed by atoms with Crippen LogP contribution < -0.4 is 5.32 Å². The average Bonchev–Trinajstić information content (AvgIpc) is 3.39. The first-order valence-corrected chi connectivity index (χ1v) is 13.9. The summed E-state index contributed by atoms with van der Waals surface area (Å²) in [5.74, 6) is -1.96. The van der Waals surface area contributed by atoms with Gasteiger partial charge in [-0.2, -0.15) is 18.3 Å². The summed E-state index contributed by atoms with van der Waals surface area (Å²) in [5, 5.41) is 10.6. The third-order valence-electron chi connectivity index (χ3n) is 8.28. The second-order valence-electron chi connectivity index (χ2n) is 10.9. The molecule has 4 heterocycles. The van der Waals surface area contributed by atoms with Gasteiger partial charge >= 0.3 is 12.2 Å². The van der Waals surface area contributed by atoms with E-state index < -0.39 is 24.5 Å². The van der Waals surface area contributed by atoms with Crippen LogP contribution in [0.4, 0.5) is 23.7 Å². The van der Waals surface area contributed by atoms with Crippen molar-refractivity contribution < 1.29 is 27.6 Å². The number of aromatic amines is 1. The van der Waals surface area contributed by atoms with Gasteiger partial charge in [-0.25, -0.2) is 4.79 Å². The predicted molar refractivity (Wildman–Crippen MR) is 145 cm³/mol. The van der Waals surface area contributed by atoms with Crippen molar-refractivity contribution in [2.45, 2.75) is 51.0 Å². The minimum atomic E-state index is -4.60. The Kier molecular flexibility index (Phi) is 7.04. The van der Waals surface area contributed by atoms with Crippen molar-refractivity contribution in [2.75, 3.05) is 25.0 Å². The largest absolute Gasteiger partial charge is 0.406 e. The van der Waals surface area contributed by atoms with E-state index in [1.807, 2.05) is 24.3 Å². The molecule has 1 atom stereocenters. The number of rotatable bonds is 4. The molecule has 41 heavy (non-hydrogen) atoms. The van der Waals surface area contributed by atoms with Crippen molar-refractivity contribution in [1.82, 2.24) is 24.9 Å². The van der Waals surface area contributed by atoms with Crippen LogP contribution in [-0.4, -0.2) is 74.6 Å². The van der Waals surface area contributed by atoms with Gasteiger partial charge < -0.3 is 20.0 Å². The van der Waals surface area contributed by atoms with Gasteiger partial charge in [-0.05, 0) is 48.1 Å². The Balaban J connectivity index is 1.16. The Morgan fingerprint density at radius 3 is 2.61 bits per heavy atom. The van der Waals surface area contributed by atoms with E-state index in [-0.39, 0.29) is 37.4 Å². The molecule has 4 amide bonds. The van der Waals surface area contributed by atoms with Gasteiger partial charge in [0.2, 0.25) is 11.8 Å². The number of urea groups is 1. The first-order valence-electron chi connectivity index (χ1n) is 13.5. The Morgan fingerprint density at radius 2 is 1.85 bits per heavy atom. The standard InChI is InChI=1S/C28H28ClF3N6O3/c29-22-10-17-9-18(26(40)37(15-28(30,31)32)14-21(17)20-12-33-35-25(20)22)11-24(39)36-7-5-19(6-8-36)38-13-16-3-1-2-4-23(16)34-27(38)41/h1-4,10,12,18-19H,5-9,11,13-15H2,(H,33,35)(H,34,41)/t18-/m0/s1. The van der Waals surface area contributed by atoms with E-state index >= 15 is 0 Å². The molecule has 6 rings (SSSR count). The molecule has 0 aliphatic carbocycles. The molecule has 9 nitrogen and oxygen atoms in total. The number of halogens is 4. The van der Waals surface area contributed by atoms with Crippen LogP contribution in [0.15, 0.2) is 36.5 Å². The molecule has 0 saturated carbocycles. The van der Waals surface area contributed by atoms with Gasteiger partial charge in [0.15, 0.2) is 0 Å². The number of likely N-dealkylation sites (tertiary alicyclic amines) is 1. The second-order valence-corrected chi connectivity index (χ2v) is 11.3. The van der Waals surface area contributed by atoms with Crippen LogP contribution in [0.3, 0.4) is 0 Å². The summed E-state index contributed by atoms with van der Waals surface area (Å²) in [7, 11) is 0. The summed E-state index contributed by atoms with van der Waals surface area (Å²) < 4.78 is 40.4. The first kappa shape index (κ1) is 27.4. The van der Waals surface area contributed by atoms with Crippen LogP contribution in [0.1, 0.15) is 36.0 Å². The van der Waals surface area contributed by atoms with Crippen LogP contribution in [-0.2, 0) is 29.1 Å². The molecule has 2 aromatic carbocycles. The number of fused-ring (bicyclic) bond motifs is 4. The van der Waals surface area contributed by atoms with Crippen LogP contribution in [0, 0.1) is 5.92 Å². The van der Waals surface area contributed by atoms with Gasteiger partial charge in [0, 0.05) is 49.7 Å². The first-order chi connectivity index (χ1) is 19.6. The molecule has 3 aliphatic rings. The number of benzene rings is 2. The Morgan fingerprint density at radius 1 is 1.10 bits per heavy atom. The molecule has 3 aromatic rings. The Bertz CT molecular complexity index is 1520. The van der Waals surface area contributed by atoms with Crippen LogP contribution in [0.25, 0.3) is 10.9 Å². The highest BCUT2D eigenvalue weighted by Crippen LogP contribution is 2.35. The van der Waals surface area contributed by atoms with E-state index in [4.69, 9.17) is 11.6 Å². The highest BCUT2D eigenvalue weighted by molar-refractivity contribution is 6.35. The molecule has 3 aliphatic heterocycles. The van der Waals surface area contributed by atoms with E-state index in [0.717, 1.165) is 16.2 Å². The molecule has 0 bridgehead atoms. The van der Waals surface area contributed by atoms with Gasteiger partial charge in [0.1, 0.15) is 6.54 Å². The van der Waals surface area contributed by atoms with Gasteiger partial charge in [-0.15, -0.1) is 0 Å². The summed E-state index contributed by atoms with van der Waals surface area (Å²) in [4.78, 5) is 43.7. The highest BCUT2D eigenvalue weighted by Gasteiger charge is 2.40. The average molecular weight is 589 g/mol. The molecule has 0 radical (unpaired) electrons. The minimum absolute atomic E-state index is 0.0550. The van der Waals surface area contributed by atoms with E-state index in [1.165, 1.54) is 6.20 Å². The van der Waals surface area contributed by atoms with Crippen molar-refractivity contribution in [3.63, 3.8) is 0 Å². The number of carbonyl (C=O) groups excluding carboxylic acids is 3. The zero-order valence-corrected chi connectivity index (χ0v) is 22.8. The predicted octanol–water partition coefficient (Wildman–Crippen LogP) is 4.71. The maximum Gasteiger partial charge on any atom is 0.406 e. The molecular weight excluding hydrogens is 561 g/mol. The fourth-order valence-corrected chi connectivity index (χ4v) is 6.50. The molecule has 1 fully saturated rings. The number of H-pyrrole nitrogens is 1. The molecule has 0 spiro atoms. The van der Waals surface area contributed by atoms with E-state index in [9.17, 15) is 27.6 Å². The number of hydrogen-bond acceptors (Lipinski definition) is 4. The van der Waals surface area contributed by atoms with Crippen molar-refractivity contribution in [1.29, 1.82) is 0 Å². The molecule has 2 N–H and O–H groups in total. The normalized spacial score (nSPS) is 20.1. The molecule has 1 aromatic heterocycles. The van der Waals surface area contributed by atoms with Gasteiger partial charge in [0.25, 0.3) is 0 Å². The maximum atomic E-state index is 13.5. The minimum Gasteiger partial charge on any atom is -0.343 e. The van der Waals surface area contributed by atoms with E-state index in [2.05, 4.69) is 15.5 Å². The lowest BCUT2D eigenvalue weighted by molar-refractivity contribution is -0.165. The monoisotopic (exact) mass is 588 g/mol. The fourth-order valence-electron chi connectivity index (χ4n) is 6.22. The van der Waals surface area contributed by atoms with Crippen LogP contribution in [0.5, 0.6) is 0 Å². The number of piperidine rings is 1. The van der Waals surface area contributed by atoms with Crippen molar-refractivity contribution >= 4 is 46.0 Å². The van der Waals surface area contributed by atoms with Crippen LogP contribution in [0.2, 0.25) is 5.02 Å². The van der Waals surface area contributed by atoms with E-state index in [1.54, 1.807) is 15.9 Å². The zero-order chi connectivity index (χ0) is 28.9. The van der Waals surface area contributed by atoms with Crippen LogP contribution >= 0.6 is 11.6 Å². The van der Waals surface area contributed by atoms with Crippen molar-refractivity contribution in [2.24, 2.45) is 5.92 Å². The Hall–Kier alpha value is -3.80. The number of nitrogens with one attached hydrogen (secondary N) is 2. The lowest BCUT2D eigenvalue weighted by atomic mass is 9.92. The van der Waals surface area contributed by atoms with Gasteiger partial charge in [0.05, 0.1) is 22.7 Å². The number of amides is 4. The number of carbonyl (C=O) groups is 3. The second kappa shape index (κ2) is 10.6. The number of para-hydroxylation sites is 1. The number of alkyl halides is 3. The smallest absolute Gasteiger partial charge is 0.343 e. The SMILES string of the molecule is O=C(C[C@@H]1Cc2cc(Cl)c3[nH]ncc3c2CN(CC(F)(F)F)C1=O)N1CCC(N2Cc3ccccc3NC2=O)CC1. The van der Waals surface area contributed by atoms with Gasteiger partial charge in [-0.3, -0.25) is 14.7 Å². The third-order valence-corrected chi connectivity index (χ3v) is 8.58. The Labute approximate surface area is 238 Å². The highest BCUT2D eigenvalue weighted by atomic mass is 35.5. The molecule has 216 valence electrons. The summed E-state index contributed by atoms with van der Waals surface area (Å²) in [5.41, 5.74) is 3.50. The van der Waals surface area contributed by atoms with Crippen molar-refractivity contribution in [3.05, 3.63) is 58.2 Å². The summed E-state index contributed by atoms with van der Waals surface area (Å²) in [6.45, 7) is -0.402. The molecule has 1 saturated heterocycles. The number of anilines is 1. The topological polar surface area (TPSA) is 102 Å². The molecule has 13 heteroatoms. The maximum absolute atomic E-state index is 13.5. The number of hydrogen-bond donors (Lipinski definition) is 2. The number of nitrogens with zero attached hydrogens (tertiary/aromatic N) is 4. The zero-order valence-electron chi connectivity index (χ0n) is 22.0. The lowest BCUT2D eigenvalue weighted by Gasteiger charge is -2.40. The van der Waals surface area contributed by atoms with Crippen molar-refractivity contribution in [3.8, 4) is 0 Å². The third kappa shape index (κ3) is 5.44. The fraction of sp³-hybridized carbons (Fsp3) is 0.429. The quantitative estimate of drug-likeness (QED) is 0.461. The van der Waals surface area contributed by atoms with Gasteiger partial charge in [-0.1, -0.05) is 29.8 Å². The summed E-state index contributed by atoms with van der Waals surface area (Å²) >= 11 is 6.40. The summed E-state index contributed by atoms with van der Waals surface area (Å²) in [6.07, 6.45) is -2.09. The molecule has 0 unspecified atom stereocenters. The molecular formula is C28H28ClF3N6O3. The summed E-state index contributed by atoms with van der Waals surface area (Å²) in [6, 6.07) is 9.03. The number of aromatic nitrogens is 2.